The minimum Gasteiger partial charge on any atom is -0.376 e. The first-order chi connectivity index (χ1) is 8.66. The molecule has 3 atom stereocenters. The summed E-state index contributed by atoms with van der Waals surface area (Å²) in [5, 5.41) is 3.77. The smallest absolute Gasteiger partial charge is 0.0674 e. The quantitative estimate of drug-likeness (QED) is 0.834. The van der Waals surface area contributed by atoms with Gasteiger partial charge in [0.15, 0.2) is 0 Å². The highest BCUT2D eigenvalue weighted by atomic mass is 16.5. The van der Waals surface area contributed by atoms with Crippen LogP contribution in [0.5, 0.6) is 0 Å². The molecule has 1 aliphatic carbocycles. The molecule has 0 spiro atoms. The molecular weight excluding hydrogens is 224 g/mol. The van der Waals surface area contributed by atoms with Gasteiger partial charge in [-0.05, 0) is 33.6 Å². The number of hydrogen-bond donors (Lipinski definition) is 1. The summed E-state index contributed by atoms with van der Waals surface area (Å²) >= 11 is 0. The van der Waals surface area contributed by atoms with E-state index in [1.54, 1.807) is 0 Å². The molecule has 0 aromatic rings. The van der Waals surface area contributed by atoms with E-state index in [4.69, 9.17) is 4.74 Å². The fourth-order valence-electron chi connectivity index (χ4n) is 3.30. The summed E-state index contributed by atoms with van der Waals surface area (Å²) in [6.45, 7) is 9.90. The molecule has 3 unspecified atom stereocenters. The van der Waals surface area contributed by atoms with Gasteiger partial charge in [-0.25, -0.2) is 0 Å². The number of hydrogen-bond acceptors (Lipinski definition) is 3. The fraction of sp³-hybridized carbons (Fsp3) is 1.00. The van der Waals surface area contributed by atoms with Gasteiger partial charge in [0.2, 0.25) is 0 Å². The summed E-state index contributed by atoms with van der Waals surface area (Å²) in [5.74, 6) is 0. The minimum absolute atomic E-state index is 0.387. The molecule has 1 aliphatic heterocycles. The number of ether oxygens (including phenoxy) is 1. The Hall–Kier alpha value is -0.120. The normalized spacial score (nSPS) is 33.5. The Bertz CT molecular complexity index is 241. The molecule has 0 radical (unpaired) electrons. The van der Waals surface area contributed by atoms with E-state index in [0.29, 0.717) is 18.2 Å². The zero-order valence-corrected chi connectivity index (χ0v) is 12.3. The maximum atomic E-state index is 5.70. The maximum absolute atomic E-state index is 5.70. The molecule has 1 saturated carbocycles. The summed E-state index contributed by atoms with van der Waals surface area (Å²) < 4.78 is 5.70. The first-order valence-electron chi connectivity index (χ1n) is 7.77. The van der Waals surface area contributed by atoms with E-state index < -0.39 is 0 Å². The molecule has 0 bridgehead atoms. The zero-order valence-electron chi connectivity index (χ0n) is 12.3. The molecule has 1 N–H and O–H groups in total. The van der Waals surface area contributed by atoms with Gasteiger partial charge in [-0.2, -0.15) is 0 Å². The second-order valence-electron chi connectivity index (χ2n) is 6.28. The maximum Gasteiger partial charge on any atom is 0.0674 e. The minimum atomic E-state index is 0.387. The average molecular weight is 254 g/mol. The molecule has 0 aromatic carbocycles. The summed E-state index contributed by atoms with van der Waals surface area (Å²) in [4.78, 5) is 2.60. The molecule has 3 nitrogen and oxygen atoms in total. The second-order valence-corrected chi connectivity index (χ2v) is 6.28. The van der Waals surface area contributed by atoms with Gasteiger partial charge >= 0.3 is 0 Å². The first-order valence-corrected chi connectivity index (χ1v) is 7.77. The van der Waals surface area contributed by atoms with E-state index in [1.165, 1.54) is 32.1 Å². The number of nitrogens with one attached hydrogen (secondary N) is 1. The van der Waals surface area contributed by atoms with Crippen molar-refractivity contribution in [2.45, 2.75) is 77.1 Å². The lowest BCUT2D eigenvalue weighted by Gasteiger charge is -2.41. The molecule has 1 saturated heterocycles. The van der Waals surface area contributed by atoms with Crippen molar-refractivity contribution in [2.75, 3.05) is 19.7 Å². The van der Waals surface area contributed by atoms with Crippen LogP contribution in [0.4, 0.5) is 0 Å². The summed E-state index contributed by atoms with van der Waals surface area (Å²) in [5.41, 5.74) is 0. The highest BCUT2D eigenvalue weighted by Gasteiger charge is 2.27. The van der Waals surface area contributed by atoms with Crippen molar-refractivity contribution in [2.24, 2.45) is 0 Å². The molecule has 2 aliphatic rings. The van der Waals surface area contributed by atoms with E-state index in [0.717, 1.165) is 25.7 Å². The third-order valence-electron chi connectivity index (χ3n) is 4.53. The van der Waals surface area contributed by atoms with Crippen molar-refractivity contribution < 1.29 is 4.74 Å². The molecule has 106 valence electrons. The highest BCUT2D eigenvalue weighted by Crippen LogP contribution is 2.18. The summed E-state index contributed by atoms with van der Waals surface area (Å²) in [6.07, 6.45) is 7.40. The Morgan fingerprint density at radius 3 is 2.67 bits per heavy atom. The monoisotopic (exact) mass is 254 g/mol. The van der Waals surface area contributed by atoms with Gasteiger partial charge < -0.3 is 10.1 Å². The van der Waals surface area contributed by atoms with Crippen molar-refractivity contribution in [3.8, 4) is 0 Å². The van der Waals surface area contributed by atoms with E-state index >= 15 is 0 Å². The fourth-order valence-corrected chi connectivity index (χ4v) is 3.30. The van der Waals surface area contributed by atoms with Crippen LogP contribution in [0.2, 0.25) is 0 Å². The van der Waals surface area contributed by atoms with Gasteiger partial charge in [-0.15, -0.1) is 0 Å². The van der Waals surface area contributed by atoms with Gasteiger partial charge in [-0.3, -0.25) is 4.90 Å². The largest absolute Gasteiger partial charge is 0.376 e. The van der Waals surface area contributed by atoms with Crippen LogP contribution in [-0.2, 0) is 4.74 Å². The molecule has 3 heteroatoms. The Morgan fingerprint density at radius 2 is 1.94 bits per heavy atom. The standard InChI is InChI=1S/C15H30N2O/c1-12(9-16-15-7-5-4-6-8-15)17-10-14(3)18-11-13(17)2/h12-16H,4-11H2,1-3H3. The van der Waals surface area contributed by atoms with Crippen molar-refractivity contribution in [3.05, 3.63) is 0 Å². The van der Waals surface area contributed by atoms with Gasteiger partial charge in [-0.1, -0.05) is 19.3 Å². The predicted octanol–water partition coefficient (Wildman–Crippen LogP) is 2.41. The average Bonchev–Trinajstić information content (AvgIpc) is 2.40. The van der Waals surface area contributed by atoms with E-state index in [2.05, 4.69) is 31.0 Å². The van der Waals surface area contributed by atoms with Crippen LogP contribution in [0.1, 0.15) is 52.9 Å². The molecule has 2 fully saturated rings. The van der Waals surface area contributed by atoms with Crippen LogP contribution in [0.3, 0.4) is 0 Å². The van der Waals surface area contributed by atoms with E-state index in [-0.39, 0.29) is 0 Å². The Morgan fingerprint density at radius 1 is 1.22 bits per heavy atom. The Balaban J connectivity index is 1.73. The van der Waals surface area contributed by atoms with Crippen LogP contribution < -0.4 is 5.32 Å². The lowest BCUT2D eigenvalue weighted by Crippen LogP contribution is -2.54. The third kappa shape index (κ3) is 3.94. The van der Waals surface area contributed by atoms with Crippen LogP contribution in [0.25, 0.3) is 0 Å². The lowest BCUT2D eigenvalue weighted by atomic mass is 9.95. The molecule has 0 amide bonds. The number of rotatable bonds is 4. The van der Waals surface area contributed by atoms with E-state index in [9.17, 15) is 0 Å². The first kappa shape index (κ1) is 14.3. The number of morpholine rings is 1. The molecule has 1 heterocycles. The zero-order chi connectivity index (χ0) is 13.0. The van der Waals surface area contributed by atoms with E-state index in [1.807, 2.05) is 0 Å². The van der Waals surface area contributed by atoms with Crippen LogP contribution >= 0.6 is 0 Å². The van der Waals surface area contributed by atoms with Crippen LogP contribution in [-0.4, -0.2) is 48.8 Å². The lowest BCUT2D eigenvalue weighted by molar-refractivity contribution is -0.0633. The van der Waals surface area contributed by atoms with Crippen molar-refractivity contribution >= 4 is 0 Å². The molecule has 2 rings (SSSR count). The van der Waals surface area contributed by atoms with Crippen LogP contribution in [0, 0.1) is 0 Å². The third-order valence-corrected chi connectivity index (χ3v) is 4.53. The number of nitrogens with zero attached hydrogens (tertiary/aromatic N) is 1. The van der Waals surface area contributed by atoms with Gasteiger partial charge in [0.1, 0.15) is 0 Å². The van der Waals surface area contributed by atoms with Crippen molar-refractivity contribution in [1.29, 1.82) is 0 Å². The van der Waals surface area contributed by atoms with Crippen molar-refractivity contribution in [3.63, 3.8) is 0 Å². The summed E-state index contributed by atoms with van der Waals surface area (Å²) in [6, 6.07) is 1.95. The molecular formula is C15H30N2O. The van der Waals surface area contributed by atoms with Gasteiger partial charge in [0, 0.05) is 31.2 Å². The Kier molecular flexibility index (Phi) is 5.46. The van der Waals surface area contributed by atoms with Gasteiger partial charge in [0.25, 0.3) is 0 Å². The predicted molar refractivity (Wildman–Crippen MR) is 75.9 cm³/mol. The Labute approximate surface area is 112 Å². The highest BCUT2D eigenvalue weighted by molar-refractivity contribution is 4.82. The molecule has 18 heavy (non-hydrogen) atoms. The topological polar surface area (TPSA) is 24.5 Å². The summed E-state index contributed by atoms with van der Waals surface area (Å²) in [7, 11) is 0. The van der Waals surface area contributed by atoms with Crippen LogP contribution in [0.15, 0.2) is 0 Å². The SMILES string of the molecule is CC1CN(C(C)CNC2CCCCC2)C(C)CO1. The van der Waals surface area contributed by atoms with Gasteiger partial charge in [0.05, 0.1) is 12.7 Å². The molecule has 0 aromatic heterocycles. The second kappa shape index (κ2) is 6.88. The van der Waals surface area contributed by atoms with Crippen molar-refractivity contribution in [1.82, 2.24) is 10.2 Å².